The molecule has 0 saturated carbocycles. The largest absolute Gasteiger partial charge is 0.508 e. The van der Waals surface area contributed by atoms with Gasteiger partial charge in [-0.05, 0) is 73.4 Å². The second-order valence-electron chi connectivity index (χ2n) is 6.37. The molecule has 0 bridgehead atoms. The van der Waals surface area contributed by atoms with E-state index < -0.39 is 0 Å². The van der Waals surface area contributed by atoms with Crippen LogP contribution in [0.1, 0.15) is 40.5 Å². The van der Waals surface area contributed by atoms with Crippen LogP contribution in [0.3, 0.4) is 0 Å². The third-order valence-electron chi connectivity index (χ3n) is 4.45. The maximum Gasteiger partial charge on any atom is 0.289 e. The molecule has 0 aliphatic rings. The Balaban J connectivity index is 1.75. The summed E-state index contributed by atoms with van der Waals surface area (Å²) in [5, 5.41) is 20.6. The Hall–Kier alpha value is -3.41. The third-order valence-corrected chi connectivity index (χ3v) is 4.45. The highest BCUT2D eigenvalue weighted by atomic mass is 16.3. The van der Waals surface area contributed by atoms with E-state index in [0.717, 1.165) is 16.8 Å². The highest BCUT2D eigenvalue weighted by Gasteiger charge is 2.12. The van der Waals surface area contributed by atoms with Crippen molar-refractivity contribution in [1.29, 1.82) is 0 Å². The first-order valence-electron chi connectivity index (χ1n) is 8.77. The summed E-state index contributed by atoms with van der Waals surface area (Å²) in [6, 6.07) is 14.5. The van der Waals surface area contributed by atoms with Crippen molar-refractivity contribution in [2.45, 2.75) is 27.2 Å². The average molecular weight is 362 g/mol. The molecule has 1 aromatic heterocycles. The lowest BCUT2D eigenvalue weighted by molar-refractivity contribution is 0.0950. The van der Waals surface area contributed by atoms with Gasteiger partial charge in [0.1, 0.15) is 11.4 Å². The van der Waals surface area contributed by atoms with Gasteiger partial charge in [0.25, 0.3) is 5.91 Å². The standard InChI is InChI=1S/C21H22N4O2/c1-4-18(15-7-9-17(26)10-8-15)22-25-21(27)20-12-19(23-24-20)16-6-5-13(2)14(3)11-16/h5-12,26H,4H2,1-3H3,(H,23,24)(H,25,27)/b22-18+. The molecule has 138 valence electrons. The zero-order valence-corrected chi connectivity index (χ0v) is 15.6. The van der Waals surface area contributed by atoms with Gasteiger partial charge in [0.15, 0.2) is 0 Å². The number of carbonyl (C=O) groups excluding carboxylic acids is 1. The molecule has 3 rings (SSSR count). The highest BCUT2D eigenvalue weighted by molar-refractivity contribution is 6.02. The van der Waals surface area contributed by atoms with Crippen LogP contribution in [0.25, 0.3) is 11.3 Å². The summed E-state index contributed by atoms with van der Waals surface area (Å²) in [6.07, 6.45) is 0.641. The molecular weight excluding hydrogens is 340 g/mol. The number of aromatic amines is 1. The Morgan fingerprint density at radius 2 is 1.85 bits per heavy atom. The van der Waals surface area contributed by atoms with Crippen LogP contribution >= 0.6 is 0 Å². The van der Waals surface area contributed by atoms with Gasteiger partial charge in [-0.25, -0.2) is 5.43 Å². The van der Waals surface area contributed by atoms with Gasteiger partial charge in [-0.1, -0.05) is 19.1 Å². The van der Waals surface area contributed by atoms with Gasteiger partial charge in [-0.3, -0.25) is 9.89 Å². The Bertz CT molecular complexity index is 988. The van der Waals surface area contributed by atoms with Gasteiger partial charge in [0.2, 0.25) is 0 Å². The first-order valence-corrected chi connectivity index (χ1v) is 8.77. The van der Waals surface area contributed by atoms with Gasteiger partial charge in [-0.2, -0.15) is 10.2 Å². The van der Waals surface area contributed by atoms with Crippen molar-refractivity contribution < 1.29 is 9.90 Å². The monoisotopic (exact) mass is 362 g/mol. The van der Waals surface area contributed by atoms with Crippen LogP contribution in [0.4, 0.5) is 0 Å². The van der Waals surface area contributed by atoms with Gasteiger partial charge in [0, 0.05) is 5.56 Å². The number of phenolic OH excluding ortho intramolecular Hbond substituents is 1. The smallest absolute Gasteiger partial charge is 0.289 e. The second-order valence-corrected chi connectivity index (χ2v) is 6.37. The van der Waals surface area contributed by atoms with E-state index in [-0.39, 0.29) is 11.7 Å². The Morgan fingerprint density at radius 1 is 1.11 bits per heavy atom. The van der Waals surface area contributed by atoms with Crippen molar-refractivity contribution in [3.8, 4) is 17.0 Å². The molecule has 27 heavy (non-hydrogen) atoms. The van der Waals surface area contributed by atoms with E-state index in [0.29, 0.717) is 17.8 Å². The van der Waals surface area contributed by atoms with Crippen LogP contribution in [0.15, 0.2) is 53.6 Å². The van der Waals surface area contributed by atoms with E-state index in [1.54, 1.807) is 30.3 Å². The Kier molecular flexibility index (Phi) is 5.35. The Labute approximate surface area is 158 Å². The van der Waals surface area contributed by atoms with Crippen molar-refractivity contribution in [3.05, 3.63) is 70.9 Å². The summed E-state index contributed by atoms with van der Waals surface area (Å²) in [7, 11) is 0. The van der Waals surface area contributed by atoms with Crippen LogP contribution < -0.4 is 5.43 Å². The van der Waals surface area contributed by atoms with Gasteiger partial charge < -0.3 is 5.11 Å². The van der Waals surface area contributed by atoms with Crippen LogP contribution in [0, 0.1) is 13.8 Å². The molecule has 0 aliphatic heterocycles. The summed E-state index contributed by atoms with van der Waals surface area (Å²) in [5.41, 5.74) is 8.52. The zero-order chi connectivity index (χ0) is 19.4. The minimum atomic E-state index is -0.359. The molecule has 0 aliphatic carbocycles. The molecule has 1 amide bonds. The lowest BCUT2D eigenvalue weighted by Gasteiger charge is -2.05. The maximum atomic E-state index is 12.4. The minimum absolute atomic E-state index is 0.189. The number of amides is 1. The number of aromatic nitrogens is 2. The van der Waals surface area contributed by atoms with E-state index in [2.05, 4.69) is 27.6 Å². The van der Waals surface area contributed by atoms with E-state index in [1.807, 2.05) is 32.0 Å². The topological polar surface area (TPSA) is 90.4 Å². The van der Waals surface area contributed by atoms with Crippen molar-refractivity contribution in [2.75, 3.05) is 0 Å². The number of H-pyrrole nitrogens is 1. The predicted octanol–water partition coefficient (Wildman–Crippen LogP) is 3.94. The van der Waals surface area contributed by atoms with Gasteiger partial charge in [0.05, 0.1) is 11.4 Å². The lowest BCUT2D eigenvalue weighted by atomic mass is 10.0. The molecule has 0 spiro atoms. The molecule has 3 aromatic rings. The van der Waals surface area contributed by atoms with Crippen molar-refractivity contribution in [2.24, 2.45) is 5.10 Å². The zero-order valence-electron chi connectivity index (χ0n) is 15.6. The molecule has 6 heteroatoms. The molecular formula is C21H22N4O2. The molecule has 3 N–H and O–H groups in total. The maximum absolute atomic E-state index is 12.4. The number of nitrogens with one attached hydrogen (secondary N) is 2. The SMILES string of the molecule is CC/C(=N\NC(=O)c1cc(-c2ccc(C)c(C)c2)n[nH]1)c1ccc(O)cc1. The van der Waals surface area contributed by atoms with Crippen LogP contribution in [0.2, 0.25) is 0 Å². The van der Waals surface area contributed by atoms with Crippen LogP contribution in [-0.4, -0.2) is 26.9 Å². The summed E-state index contributed by atoms with van der Waals surface area (Å²) in [6.45, 7) is 6.05. The number of aromatic hydroxyl groups is 1. The third kappa shape index (κ3) is 4.23. The minimum Gasteiger partial charge on any atom is -0.508 e. The van der Waals surface area contributed by atoms with E-state index in [9.17, 15) is 9.90 Å². The molecule has 6 nitrogen and oxygen atoms in total. The van der Waals surface area contributed by atoms with Crippen LogP contribution in [0.5, 0.6) is 5.75 Å². The predicted molar refractivity (Wildman–Crippen MR) is 106 cm³/mol. The number of phenols is 1. The number of hydrogen-bond donors (Lipinski definition) is 3. The molecule has 2 aromatic carbocycles. The number of hydrazone groups is 1. The van der Waals surface area contributed by atoms with Crippen molar-refractivity contribution >= 4 is 11.6 Å². The fraction of sp³-hybridized carbons (Fsp3) is 0.190. The fourth-order valence-electron chi connectivity index (χ4n) is 2.67. The molecule has 0 radical (unpaired) electrons. The summed E-state index contributed by atoms with van der Waals surface area (Å²) in [4.78, 5) is 12.4. The van der Waals surface area contributed by atoms with Crippen LogP contribution in [-0.2, 0) is 0 Å². The summed E-state index contributed by atoms with van der Waals surface area (Å²) < 4.78 is 0. The molecule has 0 unspecified atom stereocenters. The number of rotatable bonds is 5. The van der Waals surface area contributed by atoms with Gasteiger partial charge >= 0.3 is 0 Å². The molecule has 0 fully saturated rings. The lowest BCUT2D eigenvalue weighted by Crippen LogP contribution is -2.20. The van der Waals surface area contributed by atoms with E-state index in [4.69, 9.17) is 0 Å². The summed E-state index contributed by atoms with van der Waals surface area (Å²) in [5.74, 6) is -0.170. The quantitative estimate of drug-likeness (QED) is 0.474. The summed E-state index contributed by atoms with van der Waals surface area (Å²) >= 11 is 0. The number of carbonyl (C=O) groups is 1. The number of nitrogens with zero attached hydrogens (tertiary/aromatic N) is 2. The van der Waals surface area contributed by atoms with Crippen molar-refractivity contribution in [3.63, 3.8) is 0 Å². The first-order chi connectivity index (χ1) is 13.0. The second kappa shape index (κ2) is 7.86. The average Bonchev–Trinajstić information content (AvgIpc) is 3.16. The molecule has 0 saturated heterocycles. The first kappa shape index (κ1) is 18.4. The van der Waals surface area contributed by atoms with E-state index >= 15 is 0 Å². The molecule has 1 heterocycles. The molecule has 0 atom stereocenters. The van der Waals surface area contributed by atoms with Crippen molar-refractivity contribution in [1.82, 2.24) is 15.6 Å². The normalized spacial score (nSPS) is 11.4. The fourth-order valence-corrected chi connectivity index (χ4v) is 2.67. The number of benzene rings is 2. The van der Waals surface area contributed by atoms with Gasteiger partial charge in [-0.15, -0.1) is 0 Å². The Morgan fingerprint density at radius 3 is 2.52 bits per heavy atom. The highest BCUT2D eigenvalue weighted by Crippen LogP contribution is 2.21. The van der Waals surface area contributed by atoms with E-state index in [1.165, 1.54) is 11.1 Å². The number of hydrogen-bond acceptors (Lipinski definition) is 4. The number of aryl methyl sites for hydroxylation is 2.